The number of nitrogens with one attached hydrogen (secondary N) is 2. The molecule has 0 saturated heterocycles. The molecule has 2 amide bonds. The second kappa shape index (κ2) is 8.73. The lowest BCUT2D eigenvalue weighted by Crippen LogP contribution is -2.43. The van der Waals surface area contributed by atoms with E-state index in [-0.39, 0.29) is 11.8 Å². The molecule has 1 atom stereocenters. The first-order chi connectivity index (χ1) is 11.2. The van der Waals surface area contributed by atoms with E-state index in [1.165, 1.54) is 0 Å². The zero-order chi connectivity index (χ0) is 16.5. The first-order valence-corrected chi connectivity index (χ1v) is 7.92. The summed E-state index contributed by atoms with van der Waals surface area (Å²) in [6.07, 6.45) is 2.46. The predicted octanol–water partition coefficient (Wildman–Crippen LogP) is 3.61. The van der Waals surface area contributed by atoms with E-state index in [0.717, 1.165) is 18.5 Å². The molecule has 0 radical (unpaired) electrons. The van der Waals surface area contributed by atoms with E-state index in [2.05, 4.69) is 17.6 Å². The van der Waals surface area contributed by atoms with Crippen LogP contribution in [0.3, 0.4) is 0 Å². The maximum absolute atomic E-state index is 12.5. The fraction of sp³-hybridized carbons (Fsp3) is 0.263. The number of para-hydroxylation sites is 1. The summed E-state index contributed by atoms with van der Waals surface area (Å²) in [5.74, 6) is -0.413. The van der Waals surface area contributed by atoms with Crippen molar-refractivity contribution in [1.82, 2.24) is 5.32 Å². The zero-order valence-electron chi connectivity index (χ0n) is 13.3. The van der Waals surface area contributed by atoms with E-state index in [1.54, 1.807) is 24.3 Å². The molecule has 0 unspecified atom stereocenters. The fourth-order valence-electron chi connectivity index (χ4n) is 2.26. The normalized spacial score (nSPS) is 11.5. The average Bonchev–Trinajstić information content (AvgIpc) is 2.60. The molecule has 0 bridgehead atoms. The fourth-order valence-corrected chi connectivity index (χ4v) is 2.26. The van der Waals surface area contributed by atoms with Crippen molar-refractivity contribution in [3.63, 3.8) is 0 Å². The van der Waals surface area contributed by atoms with Gasteiger partial charge in [-0.05, 0) is 30.7 Å². The number of carbonyl (C=O) groups is 2. The number of hydrogen-bond acceptors (Lipinski definition) is 2. The summed E-state index contributed by atoms with van der Waals surface area (Å²) in [5.41, 5.74) is 1.29. The molecule has 0 aliphatic carbocycles. The molecule has 0 aromatic heterocycles. The van der Waals surface area contributed by atoms with Crippen molar-refractivity contribution in [3.8, 4) is 0 Å². The highest BCUT2D eigenvalue weighted by Crippen LogP contribution is 2.09. The van der Waals surface area contributed by atoms with E-state index >= 15 is 0 Å². The molecule has 0 aliphatic rings. The summed E-state index contributed by atoms with van der Waals surface area (Å²) in [4.78, 5) is 24.7. The SMILES string of the molecule is CCCC[C@@H](NC(=O)c1ccccc1)C(=O)Nc1ccccc1. The number of benzene rings is 2. The van der Waals surface area contributed by atoms with Crippen LogP contribution in [0.2, 0.25) is 0 Å². The van der Waals surface area contributed by atoms with Gasteiger partial charge in [0.05, 0.1) is 0 Å². The van der Waals surface area contributed by atoms with Crippen molar-refractivity contribution in [2.45, 2.75) is 32.2 Å². The molecule has 23 heavy (non-hydrogen) atoms. The Balaban J connectivity index is 2.04. The Morgan fingerprint density at radius 2 is 1.57 bits per heavy atom. The van der Waals surface area contributed by atoms with E-state index in [9.17, 15) is 9.59 Å². The lowest BCUT2D eigenvalue weighted by molar-refractivity contribution is -0.118. The highest BCUT2D eigenvalue weighted by Gasteiger charge is 2.20. The van der Waals surface area contributed by atoms with Gasteiger partial charge in [-0.25, -0.2) is 0 Å². The van der Waals surface area contributed by atoms with Crippen molar-refractivity contribution in [2.75, 3.05) is 5.32 Å². The van der Waals surface area contributed by atoms with Crippen molar-refractivity contribution >= 4 is 17.5 Å². The van der Waals surface area contributed by atoms with Crippen molar-refractivity contribution < 1.29 is 9.59 Å². The van der Waals surface area contributed by atoms with E-state index in [1.807, 2.05) is 36.4 Å². The van der Waals surface area contributed by atoms with Gasteiger partial charge < -0.3 is 10.6 Å². The summed E-state index contributed by atoms with van der Waals surface area (Å²) in [6, 6.07) is 17.7. The van der Waals surface area contributed by atoms with Crippen LogP contribution in [0.4, 0.5) is 5.69 Å². The smallest absolute Gasteiger partial charge is 0.251 e. The first-order valence-electron chi connectivity index (χ1n) is 7.92. The number of hydrogen-bond donors (Lipinski definition) is 2. The molecule has 2 rings (SSSR count). The van der Waals surface area contributed by atoms with Gasteiger partial charge in [0, 0.05) is 11.3 Å². The van der Waals surface area contributed by atoms with Crippen LogP contribution >= 0.6 is 0 Å². The molecule has 2 N–H and O–H groups in total. The van der Waals surface area contributed by atoms with Crippen LogP contribution in [-0.4, -0.2) is 17.9 Å². The summed E-state index contributed by atoms with van der Waals surface area (Å²) in [7, 11) is 0. The van der Waals surface area contributed by atoms with Crippen LogP contribution in [-0.2, 0) is 4.79 Å². The molecule has 0 saturated carbocycles. The molecule has 120 valence electrons. The van der Waals surface area contributed by atoms with Crippen molar-refractivity contribution in [2.24, 2.45) is 0 Å². The van der Waals surface area contributed by atoms with Gasteiger partial charge in [0.25, 0.3) is 5.91 Å². The number of amides is 2. The van der Waals surface area contributed by atoms with Gasteiger partial charge in [-0.1, -0.05) is 56.2 Å². The quantitative estimate of drug-likeness (QED) is 0.820. The van der Waals surface area contributed by atoms with Crippen LogP contribution in [0, 0.1) is 0 Å². The second-order valence-electron chi connectivity index (χ2n) is 5.39. The number of anilines is 1. The van der Waals surface area contributed by atoms with Crippen LogP contribution < -0.4 is 10.6 Å². The summed E-state index contributed by atoms with van der Waals surface area (Å²) in [6.45, 7) is 2.06. The molecular weight excluding hydrogens is 288 g/mol. The minimum atomic E-state index is -0.539. The van der Waals surface area contributed by atoms with E-state index in [4.69, 9.17) is 0 Å². The highest BCUT2D eigenvalue weighted by atomic mass is 16.2. The Hall–Kier alpha value is -2.62. The number of unbranched alkanes of at least 4 members (excludes halogenated alkanes) is 1. The van der Waals surface area contributed by atoms with Gasteiger partial charge in [-0.15, -0.1) is 0 Å². The second-order valence-corrected chi connectivity index (χ2v) is 5.39. The third kappa shape index (κ3) is 5.25. The van der Waals surface area contributed by atoms with Gasteiger partial charge in [0.2, 0.25) is 5.91 Å². The molecule has 4 heteroatoms. The number of rotatable bonds is 7. The third-order valence-electron chi connectivity index (χ3n) is 3.55. The van der Waals surface area contributed by atoms with Gasteiger partial charge in [-0.2, -0.15) is 0 Å². The molecule has 0 heterocycles. The Morgan fingerprint density at radius 1 is 0.957 bits per heavy atom. The summed E-state index contributed by atoms with van der Waals surface area (Å²) < 4.78 is 0. The Bertz CT molecular complexity index is 626. The molecule has 2 aromatic rings. The van der Waals surface area contributed by atoms with Crippen molar-refractivity contribution in [3.05, 3.63) is 66.2 Å². The minimum Gasteiger partial charge on any atom is -0.340 e. The predicted molar refractivity (Wildman–Crippen MR) is 92.3 cm³/mol. The Labute approximate surface area is 136 Å². The highest BCUT2D eigenvalue weighted by molar-refractivity contribution is 6.01. The molecule has 2 aromatic carbocycles. The number of carbonyl (C=O) groups excluding carboxylic acids is 2. The molecule has 0 fully saturated rings. The van der Waals surface area contributed by atoms with Crippen LogP contribution in [0.1, 0.15) is 36.5 Å². The lowest BCUT2D eigenvalue weighted by Gasteiger charge is -2.18. The zero-order valence-corrected chi connectivity index (χ0v) is 13.3. The topological polar surface area (TPSA) is 58.2 Å². The van der Waals surface area contributed by atoms with E-state index in [0.29, 0.717) is 12.0 Å². The largest absolute Gasteiger partial charge is 0.340 e. The van der Waals surface area contributed by atoms with Gasteiger partial charge in [-0.3, -0.25) is 9.59 Å². The summed E-state index contributed by atoms with van der Waals surface area (Å²) >= 11 is 0. The first kappa shape index (κ1) is 16.7. The monoisotopic (exact) mass is 310 g/mol. The molecular formula is C19H22N2O2. The van der Waals surface area contributed by atoms with Crippen molar-refractivity contribution in [1.29, 1.82) is 0 Å². The average molecular weight is 310 g/mol. The minimum absolute atomic E-state index is 0.186. The van der Waals surface area contributed by atoms with Gasteiger partial charge in [0.1, 0.15) is 6.04 Å². The lowest BCUT2D eigenvalue weighted by atomic mass is 10.1. The third-order valence-corrected chi connectivity index (χ3v) is 3.55. The van der Waals surface area contributed by atoms with E-state index < -0.39 is 6.04 Å². The van der Waals surface area contributed by atoms with Crippen LogP contribution in [0.5, 0.6) is 0 Å². The Kier molecular flexibility index (Phi) is 6.36. The van der Waals surface area contributed by atoms with Crippen LogP contribution in [0.25, 0.3) is 0 Å². The summed E-state index contributed by atoms with van der Waals surface area (Å²) in [5, 5.41) is 5.69. The van der Waals surface area contributed by atoms with Gasteiger partial charge in [0.15, 0.2) is 0 Å². The Morgan fingerprint density at radius 3 is 2.17 bits per heavy atom. The maximum Gasteiger partial charge on any atom is 0.251 e. The standard InChI is InChI=1S/C19H22N2O2/c1-2-3-14-17(19(23)20-16-12-8-5-9-13-16)21-18(22)15-10-6-4-7-11-15/h4-13,17H,2-3,14H2,1H3,(H,20,23)(H,21,22)/t17-/m1/s1. The molecule has 0 aliphatic heterocycles. The molecule has 4 nitrogen and oxygen atoms in total. The van der Waals surface area contributed by atoms with Crippen LogP contribution in [0.15, 0.2) is 60.7 Å². The molecule has 0 spiro atoms. The van der Waals surface area contributed by atoms with Gasteiger partial charge >= 0.3 is 0 Å². The maximum atomic E-state index is 12.5.